The number of nitrogens with zero attached hydrogens (tertiary/aromatic N) is 1. The fourth-order valence-electron chi connectivity index (χ4n) is 4.84. The maximum absolute atomic E-state index is 13.7. The van der Waals surface area contributed by atoms with E-state index >= 15 is 0 Å². The summed E-state index contributed by atoms with van der Waals surface area (Å²) < 4.78 is 75.3. The molecule has 2 aliphatic rings. The lowest BCUT2D eigenvalue weighted by Gasteiger charge is -2.23. The molecule has 14 heteroatoms. The molecule has 1 heterocycles. The lowest BCUT2D eigenvalue weighted by atomic mass is 9.88. The summed E-state index contributed by atoms with van der Waals surface area (Å²) in [4.78, 5) is 25.7. The molecule has 0 atom stereocenters. The molecule has 2 aromatic carbocycles. The maximum atomic E-state index is 13.7. The van der Waals surface area contributed by atoms with Crippen molar-refractivity contribution in [3.63, 3.8) is 0 Å². The SMILES string of the molecule is CN(CCCC(=O)C(C)(C)C)C(=O)c1ccccc1-c1c2ccc(=N)c(S(=O)(=O)O)c-2oc2c(S(=O)(=O)O)c(N)ccc12. The van der Waals surface area contributed by atoms with E-state index in [0.29, 0.717) is 6.42 Å². The molecule has 43 heavy (non-hydrogen) atoms. The average molecular weight is 630 g/mol. The Hall–Kier alpha value is -4.11. The van der Waals surface area contributed by atoms with Crippen molar-refractivity contribution in [2.45, 2.75) is 43.4 Å². The number of carbonyl (C=O) groups excluding carboxylic acids is 2. The van der Waals surface area contributed by atoms with Crippen LogP contribution in [0.1, 0.15) is 44.0 Å². The van der Waals surface area contributed by atoms with Gasteiger partial charge in [-0.1, -0.05) is 39.0 Å². The zero-order chi connectivity index (χ0) is 32.1. The number of nitrogens with one attached hydrogen (secondary N) is 1. The van der Waals surface area contributed by atoms with E-state index in [2.05, 4.69) is 0 Å². The van der Waals surface area contributed by atoms with Crippen LogP contribution in [0.4, 0.5) is 5.69 Å². The molecular weight excluding hydrogens is 598 g/mol. The Balaban J connectivity index is 2.01. The minimum atomic E-state index is -5.08. The molecule has 4 rings (SSSR count). The molecule has 228 valence electrons. The van der Waals surface area contributed by atoms with Gasteiger partial charge in [-0.2, -0.15) is 16.8 Å². The van der Waals surface area contributed by atoms with Crippen LogP contribution in [-0.4, -0.2) is 56.1 Å². The summed E-state index contributed by atoms with van der Waals surface area (Å²) in [5.74, 6) is -0.972. The number of anilines is 1. The maximum Gasteiger partial charge on any atom is 0.300 e. The van der Waals surface area contributed by atoms with E-state index < -0.39 is 63.7 Å². The van der Waals surface area contributed by atoms with Crippen molar-refractivity contribution in [3.8, 4) is 22.5 Å². The van der Waals surface area contributed by atoms with Gasteiger partial charge in [-0.25, -0.2) is 0 Å². The highest BCUT2D eigenvalue weighted by atomic mass is 32.2. The summed E-state index contributed by atoms with van der Waals surface area (Å²) in [6.07, 6.45) is 0.684. The quantitative estimate of drug-likeness (QED) is 0.124. The Morgan fingerprint density at radius 2 is 1.56 bits per heavy atom. The number of amides is 1. The number of nitrogens with two attached hydrogens (primary N) is 1. The Bertz CT molecular complexity index is 2030. The second-order valence-corrected chi connectivity index (χ2v) is 13.9. The van der Waals surface area contributed by atoms with Crippen molar-refractivity contribution in [2.75, 3.05) is 19.3 Å². The molecule has 2 aromatic rings. The number of carbonyl (C=O) groups is 2. The highest BCUT2D eigenvalue weighted by molar-refractivity contribution is 7.86. The van der Waals surface area contributed by atoms with Gasteiger partial charge >= 0.3 is 0 Å². The summed E-state index contributed by atoms with van der Waals surface area (Å²) in [7, 11) is -8.55. The number of rotatable bonds is 8. The second-order valence-electron chi connectivity index (χ2n) is 11.2. The number of benzene rings is 3. The molecule has 0 unspecified atom stereocenters. The fraction of sp³-hybridized carbons (Fsp3) is 0.276. The van der Waals surface area contributed by atoms with Crippen LogP contribution < -0.4 is 11.1 Å². The minimum Gasteiger partial charge on any atom is -0.453 e. The molecule has 1 aliphatic carbocycles. The largest absolute Gasteiger partial charge is 0.453 e. The summed E-state index contributed by atoms with van der Waals surface area (Å²) in [5.41, 5.74) is 4.96. The van der Waals surface area contributed by atoms with Gasteiger partial charge < -0.3 is 15.1 Å². The van der Waals surface area contributed by atoms with E-state index in [1.807, 2.05) is 20.8 Å². The third-order valence-electron chi connectivity index (χ3n) is 7.02. The predicted octanol–water partition coefficient (Wildman–Crippen LogP) is 4.23. The van der Waals surface area contributed by atoms with Crippen LogP contribution in [0.25, 0.3) is 33.4 Å². The van der Waals surface area contributed by atoms with E-state index in [9.17, 15) is 35.5 Å². The number of nitrogen functional groups attached to an aromatic ring is 1. The molecular formula is C29H31N3O9S2. The van der Waals surface area contributed by atoms with Crippen molar-refractivity contribution in [1.29, 1.82) is 5.41 Å². The summed E-state index contributed by atoms with van der Waals surface area (Å²) in [6.45, 7) is 5.71. The number of fused-ring (bicyclic) bond motifs is 2. The molecule has 1 amide bonds. The van der Waals surface area contributed by atoms with Crippen molar-refractivity contribution >= 4 is 48.6 Å². The van der Waals surface area contributed by atoms with E-state index in [-0.39, 0.29) is 46.4 Å². The Morgan fingerprint density at radius 1 is 0.930 bits per heavy atom. The normalized spacial score (nSPS) is 12.5. The molecule has 0 saturated heterocycles. The number of Topliss-reactive ketones (excluding diaryl/α,β-unsaturated/α-hetero) is 1. The molecule has 12 nitrogen and oxygen atoms in total. The van der Waals surface area contributed by atoms with Crippen LogP contribution >= 0.6 is 0 Å². The number of ketones is 1. The Morgan fingerprint density at radius 3 is 2.16 bits per heavy atom. The highest BCUT2D eigenvalue weighted by Gasteiger charge is 2.32. The standard InChI is InChI=1S/C29H31N3O9S2/c1-29(2,3)22(33)10-7-15-32(4)28(34)17-9-6-5-8-16(17)23-18-11-13-20(30)26(42(35,36)37)24(18)41-25-19(23)12-14-21(31)27(25)43(38,39)40/h5-6,8-9,11-14,30H,7,10,15,31H2,1-4H3,(H,35,36,37)(H,38,39,40). The summed E-state index contributed by atoms with van der Waals surface area (Å²) in [6, 6.07) is 11.4. The molecule has 0 spiro atoms. The zero-order valence-electron chi connectivity index (χ0n) is 23.8. The summed E-state index contributed by atoms with van der Waals surface area (Å²) >= 11 is 0. The Kier molecular flexibility index (Phi) is 8.28. The molecule has 0 saturated carbocycles. The van der Waals surface area contributed by atoms with Gasteiger partial charge in [0.2, 0.25) is 0 Å². The average Bonchev–Trinajstić information content (AvgIpc) is 2.89. The highest BCUT2D eigenvalue weighted by Crippen LogP contribution is 2.45. The van der Waals surface area contributed by atoms with Crippen molar-refractivity contribution in [2.24, 2.45) is 5.41 Å². The topological polar surface area (TPSA) is 209 Å². The lowest BCUT2D eigenvalue weighted by Crippen LogP contribution is -2.29. The van der Waals surface area contributed by atoms with Crippen LogP contribution in [0.15, 0.2) is 62.7 Å². The predicted molar refractivity (Wildman–Crippen MR) is 159 cm³/mol. The van der Waals surface area contributed by atoms with E-state index in [1.54, 1.807) is 25.2 Å². The minimum absolute atomic E-state index is 0.0286. The first-order valence-electron chi connectivity index (χ1n) is 13.0. The smallest absolute Gasteiger partial charge is 0.300 e. The van der Waals surface area contributed by atoms with Gasteiger partial charge in [-0.05, 0) is 42.3 Å². The third kappa shape index (κ3) is 6.18. The van der Waals surface area contributed by atoms with Gasteiger partial charge in [0.25, 0.3) is 26.1 Å². The first-order chi connectivity index (χ1) is 19.8. The molecule has 0 bridgehead atoms. The molecule has 0 aromatic heterocycles. The number of hydrogen-bond donors (Lipinski definition) is 4. The number of hydrogen-bond acceptors (Lipinski definition) is 9. The van der Waals surface area contributed by atoms with Gasteiger partial charge in [0.05, 0.1) is 11.0 Å². The third-order valence-corrected chi connectivity index (χ3v) is 8.88. The van der Waals surface area contributed by atoms with Crippen molar-refractivity contribution in [3.05, 3.63) is 59.5 Å². The van der Waals surface area contributed by atoms with Crippen LogP contribution in [0, 0.1) is 10.8 Å². The van der Waals surface area contributed by atoms with Crippen LogP contribution in [0.2, 0.25) is 0 Å². The van der Waals surface area contributed by atoms with Gasteiger partial charge in [0.15, 0.2) is 21.1 Å². The fourth-order valence-corrected chi connectivity index (χ4v) is 6.33. The van der Waals surface area contributed by atoms with E-state index in [1.165, 1.54) is 29.2 Å². The molecule has 1 aliphatic heterocycles. The second kappa shape index (κ2) is 11.2. The van der Waals surface area contributed by atoms with E-state index in [4.69, 9.17) is 15.6 Å². The van der Waals surface area contributed by atoms with E-state index in [0.717, 1.165) is 6.07 Å². The van der Waals surface area contributed by atoms with Crippen LogP contribution in [-0.2, 0) is 25.0 Å². The van der Waals surface area contributed by atoms with Crippen LogP contribution in [0.3, 0.4) is 0 Å². The monoisotopic (exact) mass is 629 g/mol. The van der Waals surface area contributed by atoms with Gasteiger partial charge in [-0.3, -0.25) is 24.1 Å². The van der Waals surface area contributed by atoms with Gasteiger partial charge in [0.1, 0.15) is 5.78 Å². The first-order valence-corrected chi connectivity index (χ1v) is 15.9. The van der Waals surface area contributed by atoms with Crippen molar-refractivity contribution < 1.29 is 39.9 Å². The molecule has 0 radical (unpaired) electrons. The Labute approximate surface area is 248 Å². The molecule has 0 fully saturated rings. The van der Waals surface area contributed by atoms with Gasteiger partial charge in [0, 0.05) is 47.5 Å². The van der Waals surface area contributed by atoms with Crippen molar-refractivity contribution in [1.82, 2.24) is 4.90 Å². The van der Waals surface area contributed by atoms with Crippen LogP contribution in [0.5, 0.6) is 0 Å². The zero-order valence-corrected chi connectivity index (χ0v) is 25.5. The summed E-state index contributed by atoms with van der Waals surface area (Å²) in [5, 5.41) is 7.54. The lowest BCUT2D eigenvalue weighted by molar-refractivity contribution is -0.126. The van der Waals surface area contributed by atoms with Gasteiger partial charge in [-0.15, -0.1) is 0 Å². The molecule has 5 N–H and O–H groups in total. The first kappa shape index (κ1) is 31.8.